The zero-order chi connectivity index (χ0) is 18.6. The molecule has 0 saturated carbocycles. The standard InChI is InChI=1S/C21H24N4O2/c26-20-13-17(14-25(20)15-18-6-3-4-9-22-18)21(27)23-10-12-24-11-8-16-5-1-2-7-19(16)24/h1-7,9,17H,8,10-15H2,(H,23,27)/t17-/m1/s1. The van der Waals surface area contributed by atoms with Gasteiger partial charge in [-0.3, -0.25) is 14.6 Å². The van der Waals surface area contributed by atoms with Gasteiger partial charge in [-0.2, -0.15) is 0 Å². The number of hydrogen-bond donors (Lipinski definition) is 1. The molecule has 1 aromatic carbocycles. The van der Waals surface area contributed by atoms with Gasteiger partial charge >= 0.3 is 0 Å². The van der Waals surface area contributed by atoms with Crippen LogP contribution in [0, 0.1) is 5.92 Å². The number of anilines is 1. The first-order chi connectivity index (χ1) is 13.2. The van der Waals surface area contributed by atoms with E-state index in [4.69, 9.17) is 0 Å². The maximum atomic E-state index is 12.5. The van der Waals surface area contributed by atoms with Gasteiger partial charge in [0.15, 0.2) is 0 Å². The molecule has 3 heterocycles. The number of aromatic nitrogens is 1. The Morgan fingerprint density at radius 3 is 2.85 bits per heavy atom. The van der Waals surface area contributed by atoms with Crippen molar-refractivity contribution in [2.75, 3.05) is 31.1 Å². The molecule has 1 aromatic heterocycles. The minimum Gasteiger partial charge on any atom is -0.369 e. The summed E-state index contributed by atoms with van der Waals surface area (Å²) in [5.41, 5.74) is 3.49. The monoisotopic (exact) mass is 364 g/mol. The molecular formula is C21H24N4O2. The number of pyridine rings is 1. The molecular weight excluding hydrogens is 340 g/mol. The molecule has 2 aliphatic rings. The minimum absolute atomic E-state index is 0.0225. The van der Waals surface area contributed by atoms with Crippen molar-refractivity contribution in [3.8, 4) is 0 Å². The number of hydrogen-bond acceptors (Lipinski definition) is 4. The maximum Gasteiger partial charge on any atom is 0.225 e. The summed E-state index contributed by atoms with van der Waals surface area (Å²) in [7, 11) is 0. The molecule has 2 aromatic rings. The number of carbonyl (C=O) groups excluding carboxylic acids is 2. The van der Waals surface area contributed by atoms with Crippen molar-refractivity contribution in [1.29, 1.82) is 0 Å². The molecule has 140 valence electrons. The van der Waals surface area contributed by atoms with E-state index in [-0.39, 0.29) is 24.2 Å². The lowest BCUT2D eigenvalue weighted by atomic mass is 10.1. The van der Waals surface area contributed by atoms with Crippen LogP contribution in [0.2, 0.25) is 0 Å². The summed E-state index contributed by atoms with van der Waals surface area (Å²) in [5.74, 6) is -0.277. The van der Waals surface area contributed by atoms with E-state index < -0.39 is 0 Å². The van der Waals surface area contributed by atoms with Gasteiger partial charge < -0.3 is 15.1 Å². The van der Waals surface area contributed by atoms with E-state index in [9.17, 15) is 9.59 Å². The van der Waals surface area contributed by atoms with E-state index in [1.54, 1.807) is 11.1 Å². The summed E-state index contributed by atoms with van der Waals surface area (Å²) in [6, 6.07) is 14.1. The van der Waals surface area contributed by atoms with Gasteiger partial charge in [-0.25, -0.2) is 0 Å². The van der Waals surface area contributed by atoms with Crippen molar-refractivity contribution >= 4 is 17.5 Å². The topological polar surface area (TPSA) is 65.5 Å². The van der Waals surface area contributed by atoms with Crippen molar-refractivity contribution < 1.29 is 9.59 Å². The average molecular weight is 364 g/mol. The molecule has 0 spiro atoms. The predicted molar refractivity (Wildman–Crippen MR) is 103 cm³/mol. The normalized spacial score (nSPS) is 18.7. The van der Waals surface area contributed by atoms with Crippen LogP contribution in [0.1, 0.15) is 17.7 Å². The van der Waals surface area contributed by atoms with Gasteiger partial charge in [0.25, 0.3) is 0 Å². The van der Waals surface area contributed by atoms with Crippen molar-refractivity contribution in [2.24, 2.45) is 5.92 Å². The first-order valence-electron chi connectivity index (χ1n) is 9.49. The number of likely N-dealkylation sites (tertiary alicyclic amines) is 1. The van der Waals surface area contributed by atoms with Gasteiger partial charge in [0, 0.05) is 44.5 Å². The van der Waals surface area contributed by atoms with E-state index in [1.807, 2.05) is 18.2 Å². The Kier molecular flexibility index (Phi) is 5.05. The molecule has 0 bridgehead atoms. The molecule has 1 atom stereocenters. The van der Waals surface area contributed by atoms with Crippen LogP contribution in [0.4, 0.5) is 5.69 Å². The number of nitrogens with zero attached hydrogens (tertiary/aromatic N) is 3. The molecule has 0 radical (unpaired) electrons. The predicted octanol–water partition coefficient (Wildman–Crippen LogP) is 1.61. The second-order valence-corrected chi connectivity index (χ2v) is 7.15. The highest BCUT2D eigenvalue weighted by molar-refractivity contribution is 5.89. The first kappa shape index (κ1) is 17.5. The zero-order valence-electron chi connectivity index (χ0n) is 15.3. The SMILES string of the molecule is O=C(NCCN1CCc2ccccc21)[C@@H]1CC(=O)N(Cc2ccccn2)C1. The van der Waals surface area contributed by atoms with E-state index in [0.29, 0.717) is 19.6 Å². The summed E-state index contributed by atoms with van der Waals surface area (Å²) in [6.07, 6.45) is 3.06. The number of para-hydroxylation sites is 1. The summed E-state index contributed by atoms with van der Waals surface area (Å²) in [5, 5.41) is 3.01. The fourth-order valence-corrected chi connectivity index (χ4v) is 3.89. The van der Waals surface area contributed by atoms with Crippen LogP contribution in [-0.2, 0) is 22.6 Å². The lowest BCUT2D eigenvalue weighted by Gasteiger charge is -2.20. The third-order valence-electron chi connectivity index (χ3n) is 5.33. The highest BCUT2D eigenvalue weighted by Gasteiger charge is 2.34. The van der Waals surface area contributed by atoms with Crippen LogP contribution in [0.5, 0.6) is 0 Å². The van der Waals surface area contributed by atoms with Gasteiger partial charge in [-0.05, 0) is 30.2 Å². The van der Waals surface area contributed by atoms with Gasteiger partial charge in [0.05, 0.1) is 18.2 Å². The quantitative estimate of drug-likeness (QED) is 0.846. The lowest BCUT2D eigenvalue weighted by Crippen LogP contribution is -2.38. The maximum absolute atomic E-state index is 12.5. The summed E-state index contributed by atoms with van der Waals surface area (Å²) in [6.45, 7) is 3.32. The molecule has 0 aliphatic carbocycles. The Bertz CT molecular complexity index is 824. The Labute approximate surface area is 159 Å². The van der Waals surface area contributed by atoms with Crippen LogP contribution in [-0.4, -0.2) is 47.9 Å². The number of carbonyl (C=O) groups is 2. The number of benzene rings is 1. The van der Waals surface area contributed by atoms with Gasteiger partial charge in [-0.1, -0.05) is 24.3 Å². The van der Waals surface area contributed by atoms with Crippen molar-refractivity contribution in [3.63, 3.8) is 0 Å². The van der Waals surface area contributed by atoms with E-state index in [1.165, 1.54) is 11.3 Å². The van der Waals surface area contributed by atoms with Crippen molar-refractivity contribution in [2.45, 2.75) is 19.4 Å². The Morgan fingerprint density at radius 2 is 2.00 bits per heavy atom. The van der Waals surface area contributed by atoms with Gasteiger partial charge in [0.1, 0.15) is 0 Å². The largest absolute Gasteiger partial charge is 0.369 e. The van der Waals surface area contributed by atoms with E-state index in [2.05, 4.69) is 39.5 Å². The van der Waals surface area contributed by atoms with Crippen LogP contribution >= 0.6 is 0 Å². The first-order valence-corrected chi connectivity index (χ1v) is 9.49. The molecule has 2 amide bonds. The Hall–Kier alpha value is -2.89. The number of fused-ring (bicyclic) bond motifs is 1. The van der Waals surface area contributed by atoms with Crippen LogP contribution in [0.3, 0.4) is 0 Å². The molecule has 6 nitrogen and oxygen atoms in total. The summed E-state index contributed by atoms with van der Waals surface area (Å²) in [4.78, 5) is 33.0. The van der Waals surface area contributed by atoms with Crippen LogP contribution in [0.25, 0.3) is 0 Å². The zero-order valence-corrected chi connectivity index (χ0v) is 15.3. The fraction of sp³-hybridized carbons (Fsp3) is 0.381. The molecule has 1 saturated heterocycles. The Morgan fingerprint density at radius 1 is 1.15 bits per heavy atom. The Balaban J connectivity index is 1.25. The molecule has 1 fully saturated rings. The summed E-state index contributed by atoms with van der Waals surface area (Å²) >= 11 is 0. The minimum atomic E-state index is -0.271. The van der Waals surface area contributed by atoms with Gasteiger partial charge in [0.2, 0.25) is 11.8 Å². The number of amides is 2. The van der Waals surface area contributed by atoms with Crippen molar-refractivity contribution in [3.05, 3.63) is 59.9 Å². The van der Waals surface area contributed by atoms with Gasteiger partial charge in [-0.15, -0.1) is 0 Å². The molecule has 2 aliphatic heterocycles. The molecule has 27 heavy (non-hydrogen) atoms. The lowest BCUT2D eigenvalue weighted by molar-refractivity contribution is -0.129. The van der Waals surface area contributed by atoms with Crippen LogP contribution in [0.15, 0.2) is 48.7 Å². The number of nitrogens with one attached hydrogen (secondary N) is 1. The average Bonchev–Trinajstić information content (AvgIpc) is 3.27. The second kappa shape index (κ2) is 7.78. The highest BCUT2D eigenvalue weighted by Crippen LogP contribution is 2.26. The third kappa shape index (κ3) is 3.94. The van der Waals surface area contributed by atoms with Crippen LogP contribution < -0.4 is 10.2 Å². The molecule has 0 unspecified atom stereocenters. The molecule has 6 heteroatoms. The smallest absolute Gasteiger partial charge is 0.225 e. The fourth-order valence-electron chi connectivity index (χ4n) is 3.89. The van der Waals surface area contributed by atoms with Crippen molar-refractivity contribution in [1.82, 2.24) is 15.2 Å². The molecule has 4 rings (SSSR count). The third-order valence-corrected chi connectivity index (χ3v) is 5.33. The van der Waals surface area contributed by atoms with E-state index in [0.717, 1.165) is 25.2 Å². The number of rotatable bonds is 6. The second-order valence-electron chi connectivity index (χ2n) is 7.15. The highest BCUT2D eigenvalue weighted by atomic mass is 16.2. The van der Waals surface area contributed by atoms with E-state index >= 15 is 0 Å². The molecule has 1 N–H and O–H groups in total. The summed E-state index contributed by atoms with van der Waals surface area (Å²) < 4.78 is 0.